The van der Waals surface area contributed by atoms with Gasteiger partial charge in [-0.05, 0) is 19.9 Å². The van der Waals surface area contributed by atoms with Gasteiger partial charge in [0, 0.05) is 23.9 Å². The number of hydrogen-bond donors (Lipinski definition) is 1. The van der Waals surface area contributed by atoms with Crippen molar-refractivity contribution in [1.29, 1.82) is 0 Å². The number of hydrogen-bond acceptors (Lipinski definition) is 2. The third kappa shape index (κ3) is 3.65. The van der Waals surface area contributed by atoms with Crippen LogP contribution in [0.1, 0.15) is 23.0 Å². The van der Waals surface area contributed by atoms with Gasteiger partial charge in [0.15, 0.2) is 0 Å². The summed E-state index contributed by atoms with van der Waals surface area (Å²) in [5.74, 6) is -0.554. The molecule has 0 atom stereocenters. The van der Waals surface area contributed by atoms with E-state index in [9.17, 15) is 18.4 Å². The van der Waals surface area contributed by atoms with Gasteiger partial charge in [-0.1, -0.05) is 0 Å². The van der Waals surface area contributed by atoms with Crippen LogP contribution < -0.4 is 5.56 Å². The Morgan fingerprint density at radius 3 is 2.59 bits per heavy atom. The molecule has 0 saturated carbocycles. The van der Waals surface area contributed by atoms with Gasteiger partial charge in [0.2, 0.25) is 5.56 Å². The lowest BCUT2D eigenvalue weighted by molar-refractivity contribution is 0.0569. The second-order valence-electron chi connectivity index (χ2n) is 3.65. The zero-order valence-corrected chi connectivity index (χ0v) is 9.67. The molecule has 1 N–H and O–H groups in total. The first-order valence-electron chi connectivity index (χ1n) is 5.22. The predicted octanol–water partition coefficient (Wildman–Crippen LogP) is 1.41. The number of carbonyl (C=O) groups excluding carboxylic acids is 1. The quantitative estimate of drug-likeness (QED) is 0.870. The Hall–Kier alpha value is -1.72. The van der Waals surface area contributed by atoms with Crippen LogP contribution in [0, 0.1) is 6.92 Å². The van der Waals surface area contributed by atoms with Crippen molar-refractivity contribution in [3.05, 3.63) is 33.7 Å². The van der Waals surface area contributed by atoms with Crippen molar-refractivity contribution in [2.24, 2.45) is 0 Å². The molecule has 0 fully saturated rings. The van der Waals surface area contributed by atoms with Crippen molar-refractivity contribution in [2.45, 2.75) is 20.3 Å². The first-order valence-corrected chi connectivity index (χ1v) is 5.22. The number of halogens is 2. The highest BCUT2D eigenvalue weighted by Gasteiger charge is 2.18. The topological polar surface area (TPSA) is 53.2 Å². The number of aromatic amines is 1. The van der Waals surface area contributed by atoms with Crippen molar-refractivity contribution in [3.8, 4) is 0 Å². The van der Waals surface area contributed by atoms with Gasteiger partial charge >= 0.3 is 0 Å². The van der Waals surface area contributed by atoms with Crippen LogP contribution in [0.2, 0.25) is 0 Å². The van der Waals surface area contributed by atoms with E-state index in [4.69, 9.17) is 0 Å². The second-order valence-corrected chi connectivity index (χ2v) is 3.65. The Morgan fingerprint density at radius 1 is 1.47 bits per heavy atom. The van der Waals surface area contributed by atoms with Gasteiger partial charge in [0.25, 0.3) is 12.3 Å². The fourth-order valence-electron chi connectivity index (χ4n) is 1.51. The molecule has 0 radical (unpaired) electrons. The summed E-state index contributed by atoms with van der Waals surface area (Å²) < 4.78 is 24.5. The summed E-state index contributed by atoms with van der Waals surface area (Å²) in [5, 5.41) is 0. The van der Waals surface area contributed by atoms with E-state index in [0.717, 1.165) is 11.0 Å². The molecule has 0 aliphatic rings. The van der Waals surface area contributed by atoms with Crippen LogP contribution in [0.5, 0.6) is 0 Å². The molecule has 0 bridgehead atoms. The number of carbonyl (C=O) groups is 1. The molecule has 1 aromatic heterocycles. The molecule has 0 aliphatic carbocycles. The Bertz CT molecular complexity index is 457. The standard InChI is InChI=1S/C11H14F2N2O2/c1-3-15(6-9(12)13)11(17)8-4-7(2)14-10(16)5-8/h4-5,9H,3,6H2,1-2H3,(H,14,16). The van der Waals surface area contributed by atoms with E-state index in [1.807, 2.05) is 0 Å². The average molecular weight is 244 g/mol. The second kappa shape index (κ2) is 5.56. The molecule has 0 unspecified atom stereocenters. The summed E-state index contributed by atoms with van der Waals surface area (Å²) in [4.78, 5) is 26.5. The van der Waals surface area contributed by atoms with E-state index in [1.165, 1.54) is 6.07 Å². The molecule has 94 valence electrons. The zero-order valence-electron chi connectivity index (χ0n) is 9.67. The van der Waals surface area contributed by atoms with E-state index >= 15 is 0 Å². The molecule has 6 heteroatoms. The number of nitrogens with zero attached hydrogens (tertiary/aromatic N) is 1. The highest BCUT2D eigenvalue weighted by molar-refractivity contribution is 5.94. The van der Waals surface area contributed by atoms with Crippen molar-refractivity contribution < 1.29 is 13.6 Å². The number of pyridine rings is 1. The Kier molecular flexibility index (Phi) is 4.37. The maximum Gasteiger partial charge on any atom is 0.255 e. The predicted molar refractivity (Wildman–Crippen MR) is 59.4 cm³/mol. The lowest BCUT2D eigenvalue weighted by Gasteiger charge is -2.20. The Balaban J connectivity index is 2.97. The minimum atomic E-state index is -2.58. The average Bonchev–Trinajstić information content (AvgIpc) is 2.23. The lowest BCUT2D eigenvalue weighted by Crippen LogP contribution is -2.35. The first-order chi connectivity index (χ1) is 7.93. The summed E-state index contributed by atoms with van der Waals surface area (Å²) in [5.41, 5.74) is 0.240. The van der Waals surface area contributed by atoms with Crippen molar-refractivity contribution in [2.75, 3.05) is 13.1 Å². The van der Waals surface area contributed by atoms with Crippen molar-refractivity contribution >= 4 is 5.91 Å². The van der Waals surface area contributed by atoms with Gasteiger partial charge < -0.3 is 9.88 Å². The molecule has 0 aliphatic heterocycles. The zero-order chi connectivity index (χ0) is 13.0. The first kappa shape index (κ1) is 13.3. The fraction of sp³-hybridized carbons (Fsp3) is 0.455. The van der Waals surface area contributed by atoms with Crippen molar-refractivity contribution in [1.82, 2.24) is 9.88 Å². The molecule has 1 rings (SSSR count). The van der Waals surface area contributed by atoms with Crippen LogP contribution in [0.25, 0.3) is 0 Å². The molecule has 0 spiro atoms. The van der Waals surface area contributed by atoms with Gasteiger partial charge in [-0.25, -0.2) is 8.78 Å². The minimum Gasteiger partial charge on any atom is -0.333 e. The molecule has 17 heavy (non-hydrogen) atoms. The smallest absolute Gasteiger partial charge is 0.255 e. The maximum atomic E-state index is 12.2. The third-order valence-electron chi connectivity index (χ3n) is 2.25. The summed E-state index contributed by atoms with van der Waals surface area (Å²) in [7, 11) is 0. The van der Waals surface area contributed by atoms with E-state index in [1.54, 1.807) is 13.8 Å². The Labute approximate surface area is 97.3 Å². The normalized spacial score (nSPS) is 10.6. The highest BCUT2D eigenvalue weighted by atomic mass is 19.3. The minimum absolute atomic E-state index is 0.133. The summed E-state index contributed by atoms with van der Waals surface area (Å²) in [6.45, 7) is 2.79. The van der Waals surface area contributed by atoms with E-state index < -0.39 is 24.4 Å². The largest absolute Gasteiger partial charge is 0.333 e. The fourth-order valence-corrected chi connectivity index (χ4v) is 1.51. The highest BCUT2D eigenvalue weighted by Crippen LogP contribution is 2.06. The van der Waals surface area contributed by atoms with Crippen LogP contribution >= 0.6 is 0 Å². The summed E-state index contributed by atoms with van der Waals surface area (Å²) in [6, 6.07) is 2.58. The van der Waals surface area contributed by atoms with Gasteiger partial charge in [-0.2, -0.15) is 0 Å². The van der Waals surface area contributed by atoms with Crippen molar-refractivity contribution in [3.63, 3.8) is 0 Å². The molecular formula is C11H14F2N2O2. The lowest BCUT2D eigenvalue weighted by atomic mass is 10.2. The summed E-state index contributed by atoms with van der Waals surface area (Å²) >= 11 is 0. The molecule has 1 amide bonds. The molecule has 1 aromatic rings. The number of amides is 1. The number of H-pyrrole nitrogens is 1. The van der Waals surface area contributed by atoms with Gasteiger partial charge in [-0.3, -0.25) is 9.59 Å². The maximum absolute atomic E-state index is 12.2. The summed E-state index contributed by atoms with van der Waals surface area (Å²) in [6.07, 6.45) is -2.58. The molecular weight excluding hydrogens is 230 g/mol. The molecule has 4 nitrogen and oxygen atoms in total. The van der Waals surface area contributed by atoms with E-state index in [0.29, 0.717) is 5.69 Å². The van der Waals surface area contributed by atoms with Crippen LogP contribution in [-0.2, 0) is 0 Å². The molecule has 0 saturated heterocycles. The Morgan fingerprint density at radius 2 is 2.12 bits per heavy atom. The van der Waals surface area contributed by atoms with Gasteiger partial charge in [0.05, 0.1) is 6.54 Å². The van der Waals surface area contributed by atoms with Crippen LogP contribution in [0.4, 0.5) is 8.78 Å². The number of aromatic nitrogens is 1. The number of aryl methyl sites for hydroxylation is 1. The van der Waals surface area contributed by atoms with Gasteiger partial charge in [-0.15, -0.1) is 0 Å². The molecule has 0 aromatic carbocycles. The van der Waals surface area contributed by atoms with E-state index in [2.05, 4.69) is 4.98 Å². The number of nitrogens with one attached hydrogen (secondary N) is 1. The monoisotopic (exact) mass is 244 g/mol. The number of rotatable bonds is 4. The van der Waals surface area contributed by atoms with Crippen LogP contribution in [0.15, 0.2) is 16.9 Å². The van der Waals surface area contributed by atoms with Crippen LogP contribution in [0.3, 0.4) is 0 Å². The third-order valence-corrected chi connectivity index (χ3v) is 2.25. The number of alkyl halides is 2. The molecule has 1 heterocycles. The van der Waals surface area contributed by atoms with E-state index in [-0.39, 0.29) is 12.1 Å². The van der Waals surface area contributed by atoms with Gasteiger partial charge in [0.1, 0.15) is 0 Å². The van der Waals surface area contributed by atoms with Crippen LogP contribution in [-0.4, -0.2) is 35.3 Å². The SMILES string of the molecule is CCN(CC(F)F)C(=O)c1cc(C)[nH]c(=O)c1.